The van der Waals surface area contributed by atoms with Gasteiger partial charge in [-0.15, -0.1) is 0 Å². The summed E-state index contributed by atoms with van der Waals surface area (Å²) in [7, 11) is 0. The maximum absolute atomic E-state index is 12.5. The highest BCUT2D eigenvalue weighted by Crippen LogP contribution is 2.32. The number of carbonyl (C=O) groups excluding carboxylic acids is 1. The van der Waals surface area contributed by atoms with Gasteiger partial charge >= 0.3 is 0 Å². The van der Waals surface area contributed by atoms with Crippen molar-refractivity contribution in [3.63, 3.8) is 0 Å². The minimum atomic E-state index is -1.78. The highest BCUT2D eigenvalue weighted by Gasteiger charge is 2.52. The van der Waals surface area contributed by atoms with E-state index in [1.165, 1.54) is 0 Å². The van der Waals surface area contributed by atoms with E-state index in [9.17, 15) is 45.6 Å². The normalized spacial score (nSPS) is 45.4. The first-order valence-corrected chi connectivity index (χ1v) is 13.7. The maximum Gasteiger partial charge on any atom is 0.250 e. The van der Waals surface area contributed by atoms with Crippen LogP contribution in [0.15, 0.2) is 0 Å². The van der Waals surface area contributed by atoms with Gasteiger partial charge in [0.25, 0.3) is 0 Å². The SMILES string of the molecule is NC[C@H](O)C(=O)N[C@@H]1C[C@H](N)C(O[C@H]2O[C@H](CNCCO)[C@@H](O)[C@H](O)[C@H]2O)[C@H](O)[C@H]1O[C@H]1O[C@H](CO)[C@@H](O)[C@H](N)[C@H]1O. The molecule has 16 atom stereocenters. The minimum Gasteiger partial charge on any atom is -0.395 e. The number of hydrogen-bond donors (Lipinski definition) is 14. The quantitative estimate of drug-likeness (QED) is 0.0906. The molecule has 0 radical (unpaired) electrons. The van der Waals surface area contributed by atoms with Gasteiger partial charge < -0.3 is 92.7 Å². The molecule has 2 aliphatic heterocycles. The van der Waals surface area contributed by atoms with E-state index in [0.717, 1.165) is 0 Å². The van der Waals surface area contributed by atoms with Crippen molar-refractivity contribution in [1.82, 2.24) is 10.6 Å². The Kier molecular flexibility index (Phi) is 13.2. The van der Waals surface area contributed by atoms with Crippen LogP contribution in [-0.2, 0) is 23.7 Å². The summed E-state index contributed by atoms with van der Waals surface area (Å²) in [6, 6.07) is -3.52. The van der Waals surface area contributed by atoms with Crippen LogP contribution in [0.2, 0.25) is 0 Å². The average Bonchev–Trinajstić information content (AvgIpc) is 2.97. The highest BCUT2D eigenvalue weighted by molar-refractivity contribution is 5.81. The van der Waals surface area contributed by atoms with Crippen LogP contribution in [0.5, 0.6) is 0 Å². The molecule has 1 aliphatic carbocycles. The molecule has 0 bridgehead atoms. The predicted molar refractivity (Wildman–Crippen MR) is 138 cm³/mol. The van der Waals surface area contributed by atoms with Crippen LogP contribution in [0.4, 0.5) is 0 Å². The second-order valence-corrected chi connectivity index (χ2v) is 10.7. The summed E-state index contributed by atoms with van der Waals surface area (Å²) in [6.07, 6.45) is -20.1. The molecule has 3 rings (SSSR count). The Labute approximate surface area is 241 Å². The van der Waals surface area contributed by atoms with Crippen LogP contribution in [-0.4, -0.2) is 183 Å². The Balaban J connectivity index is 1.83. The summed E-state index contributed by atoms with van der Waals surface area (Å²) in [5.74, 6) is -0.915. The molecule has 0 aromatic carbocycles. The lowest BCUT2D eigenvalue weighted by Gasteiger charge is -2.49. The number of aliphatic hydroxyl groups is 9. The van der Waals surface area contributed by atoms with Crippen molar-refractivity contribution < 1.29 is 69.7 Å². The number of nitrogens with one attached hydrogen (secondary N) is 2. The smallest absolute Gasteiger partial charge is 0.250 e. The van der Waals surface area contributed by atoms with Crippen LogP contribution < -0.4 is 27.8 Å². The number of hydrogen-bond acceptors (Lipinski definition) is 18. The lowest BCUT2D eigenvalue weighted by atomic mass is 9.83. The first-order valence-electron chi connectivity index (χ1n) is 13.7. The number of ether oxygens (including phenoxy) is 4. The van der Waals surface area contributed by atoms with Gasteiger partial charge in [0.2, 0.25) is 5.91 Å². The number of rotatable bonds is 12. The van der Waals surface area contributed by atoms with Gasteiger partial charge in [0, 0.05) is 25.7 Å². The highest BCUT2D eigenvalue weighted by atomic mass is 16.7. The molecule has 0 aromatic rings. The fourth-order valence-electron chi connectivity index (χ4n) is 5.18. The first kappa shape index (κ1) is 35.3. The number of aliphatic hydroxyl groups excluding tert-OH is 9. The summed E-state index contributed by atoms with van der Waals surface area (Å²) in [6.45, 7) is -1.20. The summed E-state index contributed by atoms with van der Waals surface area (Å²) in [5, 5.41) is 97.1. The Morgan fingerprint density at radius 1 is 0.857 bits per heavy atom. The molecular formula is C23H45N5O14. The van der Waals surface area contributed by atoms with Gasteiger partial charge in [0.15, 0.2) is 12.6 Å². The fraction of sp³-hybridized carbons (Fsp3) is 0.957. The van der Waals surface area contributed by atoms with E-state index >= 15 is 0 Å². The fourth-order valence-corrected chi connectivity index (χ4v) is 5.18. The summed E-state index contributed by atoms with van der Waals surface area (Å²) < 4.78 is 22.7. The van der Waals surface area contributed by atoms with Crippen molar-refractivity contribution >= 4 is 5.91 Å². The van der Waals surface area contributed by atoms with Crippen LogP contribution >= 0.6 is 0 Å². The molecule has 3 fully saturated rings. The minimum absolute atomic E-state index is 0.0387. The van der Waals surface area contributed by atoms with Crippen LogP contribution in [0.25, 0.3) is 0 Å². The second kappa shape index (κ2) is 15.7. The second-order valence-electron chi connectivity index (χ2n) is 10.7. The molecule has 19 heteroatoms. The topological polar surface area (TPSA) is 338 Å². The Hall–Kier alpha value is -1.21. The van der Waals surface area contributed by atoms with Crippen molar-refractivity contribution in [2.75, 3.05) is 32.8 Å². The number of amides is 1. The van der Waals surface area contributed by atoms with Gasteiger partial charge in [0.05, 0.1) is 25.3 Å². The standard InChI is InChI=1S/C23H45N5O14/c24-4-9(31)21(38)28-8-3-7(25)19(41-23-17(36)16(35)14(33)10(39-23)5-27-1-2-29)18(37)20(8)42-22-15(34)12(26)13(32)11(6-30)40-22/h7-20,22-23,27,29-37H,1-6,24-26H2,(H,28,38)/t7-,8+,9-,10+,11+,12-,13+,14+,15+,16-,17+,18-,19?,20-,22+,23+/m0/s1. The van der Waals surface area contributed by atoms with Crippen molar-refractivity contribution in [2.24, 2.45) is 17.2 Å². The van der Waals surface area contributed by atoms with E-state index in [-0.39, 0.29) is 26.1 Å². The van der Waals surface area contributed by atoms with Crippen LogP contribution in [0.1, 0.15) is 6.42 Å². The van der Waals surface area contributed by atoms with Gasteiger partial charge in [-0.1, -0.05) is 0 Å². The number of carbonyl (C=O) groups is 1. The molecule has 0 aromatic heterocycles. The van der Waals surface area contributed by atoms with Crippen molar-refractivity contribution in [1.29, 1.82) is 0 Å². The Bertz CT molecular complexity index is 849. The Morgan fingerprint density at radius 3 is 2.10 bits per heavy atom. The molecule has 42 heavy (non-hydrogen) atoms. The predicted octanol–water partition coefficient (Wildman–Crippen LogP) is -9.19. The van der Waals surface area contributed by atoms with Gasteiger partial charge in [-0.05, 0) is 6.42 Å². The van der Waals surface area contributed by atoms with E-state index in [0.29, 0.717) is 0 Å². The molecule has 17 N–H and O–H groups in total. The van der Waals surface area contributed by atoms with Crippen molar-refractivity contribution in [3.8, 4) is 0 Å². The molecular weight excluding hydrogens is 570 g/mol. The van der Waals surface area contributed by atoms with E-state index in [1.54, 1.807) is 0 Å². The molecule has 19 nitrogen and oxygen atoms in total. The van der Waals surface area contributed by atoms with E-state index < -0.39 is 117 Å². The first-order chi connectivity index (χ1) is 19.9. The van der Waals surface area contributed by atoms with Gasteiger partial charge in [-0.25, -0.2) is 0 Å². The zero-order valence-corrected chi connectivity index (χ0v) is 22.8. The third kappa shape index (κ3) is 7.89. The lowest BCUT2D eigenvalue weighted by molar-refractivity contribution is -0.333. The van der Waals surface area contributed by atoms with E-state index in [2.05, 4.69) is 10.6 Å². The van der Waals surface area contributed by atoms with Crippen molar-refractivity contribution in [3.05, 3.63) is 0 Å². The van der Waals surface area contributed by atoms with Crippen LogP contribution in [0, 0.1) is 0 Å². The van der Waals surface area contributed by atoms with E-state index in [4.69, 9.17) is 41.3 Å². The molecule has 1 saturated carbocycles. The summed E-state index contributed by atoms with van der Waals surface area (Å²) in [4.78, 5) is 12.5. The largest absolute Gasteiger partial charge is 0.395 e. The molecule has 1 unspecified atom stereocenters. The monoisotopic (exact) mass is 615 g/mol. The molecule has 2 saturated heterocycles. The summed E-state index contributed by atoms with van der Waals surface area (Å²) in [5.41, 5.74) is 17.5. The molecule has 246 valence electrons. The summed E-state index contributed by atoms with van der Waals surface area (Å²) >= 11 is 0. The maximum atomic E-state index is 12.5. The average molecular weight is 616 g/mol. The molecule has 3 aliphatic rings. The number of nitrogens with two attached hydrogens (primary N) is 3. The molecule has 2 heterocycles. The Morgan fingerprint density at radius 2 is 1.48 bits per heavy atom. The van der Waals surface area contributed by atoms with Gasteiger partial charge in [0.1, 0.15) is 67.1 Å². The zero-order chi connectivity index (χ0) is 31.3. The van der Waals surface area contributed by atoms with Crippen LogP contribution in [0.3, 0.4) is 0 Å². The lowest BCUT2D eigenvalue weighted by Crippen LogP contribution is -2.69. The zero-order valence-electron chi connectivity index (χ0n) is 22.8. The third-order valence-electron chi connectivity index (χ3n) is 7.69. The molecule has 0 spiro atoms. The third-order valence-corrected chi connectivity index (χ3v) is 7.69. The van der Waals surface area contributed by atoms with E-state index in [1.807, 2.05) is 0 Å². The molecule has 1 amide bonds. The van der Waals surface area contributed by atoms with Crippen molar-refractivity contribution in [2.45, 2.75) is 104 Å². The van der Waals surface area contributed by atoms with Gasteiger partial charge in [-0.3, -0.25) is 4.79 Å². The van der Waals surface area contributed by atoms with Gasteiger partial charge in [-0.2, -0.15) is 0 Å².